The number of amides is 2. The first-order valence-corrected chi connectivity index (χ1v) is 14.9. The normalized spacial score (nSPS) is 20.6. The third-order valence-electron chi connectivity index (χ3n) is 9.03. The summed E-state index contributed by atoms with van der Waals surface area (Å²) in [4.78, 5) is 30.8. The number of carbonyl (C=O) groups is 2. The molecule has 1 aliphatic heterocycles. The molecule has 2 aromatic carbocycles. The van der Waals surface area contributed by atoms with Gasteiger partial charge >= 0.3 is 0 Å². The van der Waals surface area contributed by atoms with E-state index in [9.17, 15) is 14.7 Å². The van der Waals surface area contributed by atoms with E-state index in [0.29, 0.717) is 41.3 Å². The van der Waals surface area contributed by atoms with Gasteiger partial charge < -0.3 is 25.6 Å². The number of ether oxygens (including phenoxy) is 2. The van der Waals surface area contributed by atoms with E-state index in [1.165, 1.54) is 19.2 Å². The van der Waals surface area contributed by atoms with Crippen molar-refractivity contribution < 1.29 is 28.6 Å². The van der Waals surface area contributed by atoms with E-state index in [1.54, 1.807) is 31.2 Å². The summed E-state index contributed by atoms with van der Waals surface area (Å²) in [7, 11) is 1.53. The molecule has 2 saturated carbocycles. The van der Waals surface area contributed by atoms with Crippen molar-refractivity contribution in [1.82, 2.24) is 20.1 Å². The third kappa shape index (κ3) is 4.57. The minimum Gasteiger partial charge on any atom is -0.494 e. The monoisotopic (exact) mass is 619 g/mol. The van der Waals surface area contributed by atoms with Gasteiger partial charge in [0.2, 0.25) is 5.91 Å². The maximum atomic E-state index is 15.3. The van der Waals surface area contributed by atoms with E-state index in [0.717, 1.165) is 18.2 Å². The van der Waals surface area contributed by atoms with Crippen LogP contribution >= 0.6 is 11.6 Å². The molecule has 0 saturated heterocycles. The Hall–Kier alpha value is -4.22. The molecule has 228 valence electrons. The largest absolute Gasteiger partial charge is 0.494 e. The van der Waals surface area contributed by atoms with Crippen LogP contribution in [0.25, 0.3) is 22.2 Å². The standard InChI is InChI=1S/C32H31ClFN5O5/c1-31(30(35)41)15-44-28-21(31)12-24(37-27(28)20-4-3-5-22(33)25(20)34)32(42,18-6-7-18)14-36-29(40)16-10-17-13-39(19-8-9-19)38-26(17)23(11-16)43-2/h3-5,10-13,18-19,42H,6-9,14-15H2,1-2H3,(H2,35,41)(H,36,40)/t31-,32?/m0/s1. The summed E-state index contributed by atoms with van der Waals surface area (Å²) in [6.45, 7) is 1.38. The fourth-order valence-corrected chi connectivity index (χ4v) is 6.11. The van der Waals surface area contributed by atoms with Gasteiger partial charge in [-0.2, -0.15) is 5.10 Å². The van der Waals surface area contributed by atoms with E-state index < -0.39 is 28.6 Å². The Morgan fingerprint density at radius 3 is 2.73 bits per heavy atom. The Kier molecular flexibility index (Phi) is 6.60. The number of halogens is 2. The van der Waals surface area contributed by atoms with Crippen molar-refractivity contribution in [2.75, 3.05) is 20.3 Å². The molecular weight excluding hydrogens is 589 g/mol. The minimum atomic E-state index is -1.64. The number of benzene rings is 2. The number of aliphatic hydroxyl groups is 1. The summed E-state index contributed by atoms with van der Waals surface area (Å²) in [5.41, 5.74) is 4.64. The van der Waals surface area contributed by atoms with Crippen molar-refractivity contribution in [1.29, 1.82) is 0 Å². The number of fused-ring (bicyclic) bond motifs is 2. The molecule has 44 heavy (non-hydrogen) atoms. The lowest BCUT2D eigenvalue weighted by atomic mass is 9.81. The van der Waals surface area contributed by atoms with E-state index in [1.807, 2.05) is 10.9 Å². The summed E-state index contributed by atoms with van der Waals surface area (Å²) in [5.74, 6) is -1.33. The smallest absolute Gasteiger partial charge is 0.251 e. The number of nitrogens with one attached hydrogen (secondary N) is 1. The molecule has 2 atom stereocenters. The van der Waals surface area contributed by atoms with Crippen molar-refractivity contribution in [3.63, 3.8) is 0 Å². The number of carbonyl (C=O) groups excluding carboxylic acids is 2. The average Bonchev–Trinajstić information content (AvgIpc) is 3.96. The van der Waals surface area contributed by atoms with Gasteiger partial charge in [0.05, 0.1) is 30.4 Å². The molecule has 1 unspecified atom stereocenters. The lowest BCUT2D eigenvalue weighted by Crippen LogP contribution is -2.44. The summed E-state index contributed by atoms with van der Waals surface area (Å²) in [6.07, 6.45) is 5.42. The molecular formula is C32H31ClFN5O5. The molecule has 3 heterocycles. The van der Waals surface area contributed by atoms with Gasteiger partial charge in [-0.05, 0) is 68.9 Å². The second kappa shape index (κ2) is 10.2. The van der Waals surface area contributed by atoms with Crippen molar-refractivity contribution in [3.05, 3.63) is 70.3 Å². The SMILES string of the molecule is COc1cc(C(=O)NCC(O)(c2cc3c(c(-c4cccc(Cl)c4F)n2)OC[C@]3(C)C(N)=O)C2CC2)cc2cn(C3CC3)nc12. The van der Waals surface area contributed by atoms with Crippen LogP contribution in [0.5, 0.6) is 11.5 Å². The Morgan fingerprint density at radius 1 is 1.27 bits per heavy atom. The molecule has 12 heteroatoms. The number of hydrogen-bond donors (Lipinski definition) is 3. The predicted molar refractivity (Wildman–Crippen MR) is 160 cm³/mol. The van der Waals surface area contributed by atoms with Crippen molar-refractivity contribution in [2.45, 2.75) is 49.7 Å². The molecule has 4 aromatic rings. The molecule has 7 rings (SSSR count). The van der Waals surface area contributed by atoms with Crippen LogP contribution < -0.4 is 20.5 Å². The van der Waals surface area contributed by atoms with Crippen molar-refractivity contribution >= 4 is 34.3 Å². The molecule has 10 nitrogen and oxygen atoms in total. The molecule has 0 radical (unpaired) electrons. The summed E-state index contributed by atoms with van der Waals surface area (Å²) < 4.78 is 28.7. The molecule has 2 aliphatic carbocycles. The van der Waals surface area contributed by atoms with Crippen LogP contribution in [0.15, 0.2) is 42.6 Å². The van der Waals surface area contributed by atoms with Crippen molar-refractivity contribution in [2.24, 2.45) is 11.7 Å². The number of rotatable bonds is 9. The second-order valence-electron chi connectivity index (χ2n) is 12.2. The van der Waals surface area contributed by atoms with Crippen LogP contribution in [0.1, 0.15) is 60.3 Å². The highest BCUT2D eigenvalue weighted by molar-refractivity contribution is 6.31. The Bertz CT molecular complexity index is 1850. The molecule has 3 aliphatic rings. The molecule has 0 spiro atoms. The number of nitrogens with zero attached hydrogens (tertiary/aromatic N) is 3. The lowest BCUT2D eigenvalue weighted by Gasteiger charge is -2.30. The molecule has 2 aromatic heterocycles. The highest BCUT2D eigenvalue weighted by Gasteiger charge is 2.50. The summed E-state index contributed by atoms with van der Waals surface area (Å²) >= 11 is 6.10. The quantitative estimate of drug-likeness (QED) is 0.252. The maximum absolute atomic E-state index is 15.3. The van der Waals surface area contributed by atoms with Crippen LogP contribution in [0, 0.1) is 11.7 Å². The van der Waals surface area contributed by atoms with Gasteiger partial charge in [0, 0.05) is 28.3 Å². The summed E-state index contributed by atoms with van der Waals surface area (Å²) in [5, 5.41) is 20.4. The Balaban J connectivity index is 1.27. The van der Waals surface area contributed by atoms with Crippen LogP contribution in [0.3, 0.4) is 0 Å². The Labute approximate surface area is 257 Å². The molecule has 4 N–H and O–H groups in total. The predicted octanol–water partition coefficient (Wildman–Crippen LogP) is 4.40. The molecule has 2 amide bonds. The van der Waals surface area contributed by atoms with E-state index in [2.05, 4.69) is 10.4 Å². The van der Waals surface area contributed by atoms with Crippen molar-refractivity contribution in [3.8, 4) is 22.8 Å². The molecule has 2 fully saturated rings. The highest BCUT2D eigenvalue weighted by Crippen LogP contribution is 2.50. The summed E-state index contributed by atoms with van der Waals surface area (Å²) in [6, 6.07) is 9.83. The number of primary amides is 1. The molecule has 0 bridgehead atoms. The zero-order chi connectivity index (χ0) is 31.0. The van der Waals surface area contributed by atoms with Gasteiger partial charge in [-0.15, -0.1) is 0 Å². The van der Waals surface area contributed by atoms with Crippen LogP contribution in [0.4, 0.5) is 4.39 Å². The van der Waals surface area contributed by atoms with Gasteiger partial charge in [0.25, 0.3) is 5.91 Å². The van der Waals surface area contributed by atoms with Gasteiger partial charge in [0.15, 0.2) is 5.82 Å². The number of pyridine rings is 1. The first-order valence-electron chi connectivity index (χ1n) is 14.5. The number of aromatic nitrogens is 3. The Morgan fingerprint density at radius 2 is 2.05 bits per heavy atom. The highest BCUT2D eigenvalue weighted by atomic mass is 35.5. The third-order valence-corrected chi connectivity index (χ3v) is 9.32. The number of hydrogen-bond acceptors (Lipinski definition) is 7. The lowest BCUT2D eigenvalue weighted by molar-refractivity contribution is -0.123. The zero-order valence-electron chi connectivity index (χ0n) is 24.2. The fourth-order valence-electron chi connectivity index (χ4n) is 5.93. The second-order valence-corrected chi connectivity index (χ2v) is 12.6. The first kappa shape index (κ1) is 28.5. The van der Waals surface area contributed by atoms with Gasteiger partial charge in [0.1, 0.15) is 40.3 Å². The first-order chi connectivity index (χ1) is 21.0. The average molecular weight is 620 g/mol. The van der Waals surface area contributed by atoms with Crippen LogP contribution in [0.2, 0.25) is 5.02 Å². The number of methoxy groups -OCH3 is 1. The van der Waals surface area contributed by atoms with E-state index >= 15 is 4.39 Å². The topological polar surface area (TPSA) is 142 Å². The van der Waals surface area contributed by atoms with Crippen LogP contribution in [-0.4, -0.2) is 51.9 Å². The minimum absolute atomic E-state index is 0.0543. The van der Waals surface area contributed by atoms with Gasteiger partial charge in [-0.1, -0.05) is 17.7 Å². The van der Waals surface area contributed by atoms with Crippen LogP contribution in [-0.2, 0) is 15.8 Å². The van der Waals surface area contributed by atoms with E-state index in [4.69, 9.17) is 31.8 Å². The van der Waals surface area contributed by atoms with Gasteiger partial charge in [-0.3, -0.25) is 14.3 Å². The number of nitrogens with two attached hydrogens (primary N) is 1. The zero-order valence-corrected chi connectivity index (χ0v) is 24.9. The van der Waals surface area contributed by atoms with Gasteiger partial charge in [-0.25, -0.2) is 9.37 Å². The van der Waals surface area contributed by atoms with E-state index in [-0.39, 0.29) is 46.8 Å². The maximum Gasteiger partial charge on any atom is 0.251 e. The fraction of sp³-hybridized carbons (Fsp3) is 0.375.